The number of nitrogens with one attached hydrogen (secondary N) is 2. The molecule has 0 radical (unpaired) electrons. The molecule has 3 amide bonds. The summed E-state index contributed by atoms with van der Waals surface area (Å²) in [6, 6.07) is 5.75. The molecule has 0 aliphatic carbocycles. The lowest BCUT2D eigenvalue weighted by molar-refractivity contribution is -0.110. The van der Waals surface area contributed by atoms with Crippen LogP contribution in [0.15, 0.2) is 29.4 Å². The van der Waals surface area contributed by atoms with Gasteiger partial charge in [-0.3, -0.25) is 4.79 Å². The van der Waals surface area contributed by atoms with E-state index in [9.17, 15) is 9.59 Å². The van der Waals surface area contributed by atoms with Crippen molar-refractivity contribution in [2.75, 3.05) is 5.32 Å². The molecule has 7 heteroatoms. The van der Waals surface area contributed by atoms with Crippen LogP contribution >= 0.6 is 11.6 Å². The van der Waals surface area contributed by atoms with E-state index in [0.717, 1.165) is 0 Å². The van der Waals surface area contributed by atoms with Gasteiger partial charge in [-0.15, -0.1) is 0 Å². The van der Waals surface area contributed by atoms with E-state index in [1.54, 1.807) is 24.3 Å². The van der Waals surface area contributed by atoms with E-state index in [-0.39, 0.29) is 5.71 Å². The van der Waals surface area contributed by atoms with E-state index < -0.39 is 11.9 Å². The first-order valence-electron chi connectivity index (χ1n) is 4.65. The van der Waals surface area contributed by atoms with Gasteiger partial charge in [0.25, 0.3) is 5.91 Å². The lowest BCUT2D eigenvalue weighted by Crippen LogP contribution is -2.28. The van der Waals surface area contributed by atoms with E-state index in [1.165, 1.54) is 6.92 Å². The second-order valence-corrected chi connectivity index (χ2v) is 3.57. The van der Waals surface area contributed by atoms with E-state index in [2.05, 4.69) is 10.4 Å². The van der Waals surface area contributed by atoms with Gasteiger partial charge in [0.15, 0.2) is 0 Å². The molecule has 0 spiro atoms. The number of rotatable bonds is 3. The highest BCUT2D eigenvalue weighted by molar-refractivity contribution is 6.42. The highest BCUT2D eigenvalue weighted by Gasteiger charge is 2.06. The zero-order chi connectivity index (χ0) is 12.8. The van der Waals surface area contributed by atoms with Crippen LogP contribution in [0.1, 0.15) is 6.92 Å². The van der Waals surface area contributed by atoms with Gasteiger partial charge in [0.05, 0.1) is 0 Å². The third-order valence-electron chi connectivity index (χ3n) is 1.76. The number of urea groups is 1. The minimum Gasteiger partial charge on any atom is -0.350 e. The van der Waals surface area contributed by atoms with Gasteiger partial charge in [0.2, 0.25) is 0 Å². The van der Waals surface area contributed by atoms with E-state index in [0.29, 0.717) is 10.7 Å². The zero-order valence-electron chi connectivity index (χ0n) is 9.03. The second kappa shape index (κ2) is 5.86. The van der Waals surface area contributed by atoms with Crippen LogP contribution in [-0.4, -0.2) is 17.6 Å². The van der Waals surface area contributed by atoms with Gasteiger partial charge < -0.3 is 11.1 Å². The average Bonchev–Trinajstić information content (AvgIpc) is 2.28. The van der Waals surface area contributed by atoms with Crippen LogP contribution in [0.5, 0.6) is 0 Å². The third kappa shape index (κ3) is 4.52. The summed E-state index contributed by atoms with van der Waals surface area (Å²) in [5.41, 5.74) is 7.43. The summed E-state index contributed by atoms with van der Waals surface area (Å²) in [5.74, 6) is -0.443. The van der Waals surface area contributed by atoms with Gasteiger partial charge in [-0.2, -0.15) is 5.10 Å². The normalized spacial score (nSPS) is 10.8. The molecule has 0 fully saturated rings. The highest BCUT2D eigenvalue weighted by Crippen LogP contribution is 2.13. The number of halogens is 1. The Hall–Kier alpha value is -2.08. The Morgan fingerprint density at radius 1 is 1.29 bits per heavy atom. The van der Waals surface area contributed by atoms with Gasteiger partial charge in [-0.25, -0.2) is 10.2 Å². The molecule has 4 N–H and O–H groups in total. The molecule has 0 aliphatic heterocycles. The van der Waals surface area contributed by atoms with Gasteiger partial charge in [-0.05, 0) is 31.2 Å². The summed E-state index contributed by atoms with van der Waals surface area (Å²) in [6.07, 6.45) is 0. The predicted molar refractivity (Wildman–Crippen MR) is 65.9 cm³/mol. The fourth-order valence-corrected chi connectivity index (χ4v) is 1.07. The maximum Gasteiger partial charge on any atom is 0.332 e. The number of hydrazone groups is 1. The highest BCUT2D eigenvalue weighted by atomic mass is 35.5. The SMILES string of the molecule is C/C(=N\NC(N)=O)C(=O)Nc1ccc(Cl)cc1. The second-order valence-electron chi connectivity index (χ2n) is 3.13. The number of carbonyl (C=O) groups excluding carboxylic acids is 2. The molecule has 1 aromatic carbocycles. The minimum absolute atomic E-state index is 0.0822. The fraction of sp³-hybridized carbons (Fsp3) is 0.100. The number of hydrogen-bond acceptors (Lipinski definition) is 3. The molecule has 0 saturated carbocycles. The Labute approximate surface area is 103 Å². The van der Waals surface area contributed by atoms with Crippen LogP contribution in [-0.2, 0) is 4.79 Å². The molecule has 0 unspecified atom stereocenters. The van der Waals surface area contributed by atoms with E-state index in [1.807, 2.05) is 5.43 Å². The van der Waals surface area contributed by atoms with Crippen LogP contribution in [0.25, 0.3) is 0 Å². The molecule has 0 atom stereocenters. The van der Waals surface area contributed by atoms with Crippen molar-refractivity contribution in [3.8, 4) is 0 Å². The molecule has 6 nitrogen and oxygen atoms in total. The molecule has 1 aromatic rings. The number of anilines is 1. The van der Waals surface area contributed by atoms with Crippen molar-refractivity contribution in [2.45, 2.75) is 6.92 Å². The van der Waals surface area contributed by atoms with Gasteiger partial charge in [-0.1, -0.05) is 11.6 Å². The van der Waals surface area contributed by atoms with Crippen LogP contribution < -0.4 is 16.5 Å². The van der Waals surface area contributed by atoms with Crippen molar-refractivity contribution in [3.05, 3.63) is 29.3 Å². The number of nitrogens with two attached hydrogens (primary N) is 1. The first kappa shape index (κ1) is 13.0. The summed E-state index contributed by atoms with van der Waals surface area (Å²) in [5, 5.41) is 6.64. The number of amides is 3. The molecule has 0 saturated heterocycles. The van der Waals surface area contributed by atoms with Crippen molar-refractivity contribution < 1.29 is 9.59 Å². The standard InChI is InChI=1S/C10H11ClN4O2/c1-6(14-15-10(12)17)9(16)13-8-4-2-7(11)3-5-8/h2-5H,1H3,(H,13,16)(H3,12,15,17)/b14-6+. The summed E-state index contributed by atoms with van der Waals surface area (Å²) < 4.78 is 0. The minimum atomic E-state index is -0.830. The quantitative estimate of drug-likeness (QED) is 0.560. The molecule has 17 heavy (non-hydrogen) atoms. The Kier molecular flexibility index (Phi) is 4.47. The maximum absolute atomic E-state index is 11.5. The van der Waals surface area contributed by atoms with Crippen LogP contribution in [0, 0.1) is 0 Å². The van der Waals surface area contributed by atoms with Crippen molar-refractivity contribution in [1.29, 1.82) is 0 Å². The van der Waals surface area contributed by atoms with Gasteiger partial charge in [0, 0.05) is 10.7 Å². The summed E-state index contributed by atoms with van der Waals surface area (Å²) >= 11 is 5.70. The number of nitrogens with zero attached hydrogens (tertiary/aromatic N) is 1. The van der Waals surface area contributed by atoms with Crippen molar-refractivity contribution in [2.24, 2.45) is 10.8 Å². The largest absolute Gasteiger partial charge is 0.350 e. The van der Waals surface area contributed by atoms with Crippen LogP contribution in [0.3, 0.4) is 0 Å². The Morgan fingerprint density at radius 2 is 1.88 bits per heavy atom. The van der Waals surface area contributed by atoms with Crippen molar-refractivity contribution >= 4 is 34.9 Å². The molecule has 90 valence electrons. The summed E-state index contributed by atoms with van der Waals surface area (Å²) in [6.45, 7) is 1.45. The van der Waals surface area contributed by atoms with Crippen LogP contribution in [0.2, 0.25) is 5.02 Å². The Bertz CT molecular complexity index is 456. The third-order valence-corrected chi connectivity index (χ3v) is 2.02. The first-order chi connectivity index (χ1) is 7.99. The lowest BCUT2D eigenvalue weighted by atomic mass is 10.3. The van der Waals surface area contributed by atoms with Crippen molar-refractivity contribution in [3.63, 3.8) is 0 Å². The smallest absolute Gasteiger partial charge is 0.332 e. The van der Waals surface area contributed by atoms with Gasteiger partial charge in [0.1, 0.15) is 5.71 Å². The molecular weight excluding hydrogens is 244 g/mol. The molecule has 0 heterocycles. The average molecular weight is 255 g/mol. The first-order valence-corrected chi connectivity index (χ1v) is 5.03. The molecule has 0 bridgehead atoms. The lowest BCUT2D eigenvalue weighted by Gasteiger charge is -2.04. The molecule has 1 rings (SSSR count). The monoisotopic (exact) mass is 254 g/mol. The zero-order valence-corrected chi connectivity index (χ0v) is 9.78. The number of benzene rings is 1. The Morgan fingerprint density at radius 3 is 2.41 bits per heavy atom. The van der Waals surface area contributed by atoms with Crippen LogP contribution in [0.4, 0.5) is 10.5 Å². The number of primary amides is 1. The summed E-state index contributed by atoms with van der Waals surface area (Å²) in [4.78, 5) is 21.9. The van der Waals surface area contributed by atoms with E-state index in [4.69, 9.17) is 17.3 Å². The predicted octanol–water partition coefficient (Wildman–Crippen LogP) is 1.32. The molecule has 0 aromatic heterocycles. The molecule has 0 aliphatic rings. The number of hydrogen-bond donors (Lipinski definition) is 3. The topological polar surface area (TPSA) is 96.6 Å². The van der Waals surface area contributed by atoms with E-state index >= 15 is 0 Å². The maximum atomic E-state index is 11.5. The van der Waals surface area contributed by atoms with Gasteiger partial charge >= 0.3 is 6.03 Å². The van der Waals surface area contributed by atoms with Crippen molar-refractivity contribution in [1.82, 2.24) is 5.43 Å². The summed E-state index contributed by atoms with van der Waals surface area (Å²) in [7, 11) is 0. The number of carbonyl (C=O) groups is 2. The Balaban J connectivity index is 2.63. The fourth-order valence-electron chi connectivity index (χ4n) is 0.944. The molecular formula is C10H11ClN4O2.